The van der Waals surface area contributed by atoms with E-state index in [0.29, 0.717) is 13.1 Å². The third-order valence-electron chi connectivity index (χ3n) is 4.86. The first kappa shape index (κ1) is 20.8. The monoisotopic (exact) mass is 422 g/mol. The lowest BCUT2D eigenvalue weighted by molar-refractivity contribution is -0.141. The molecule has 0 spiro atoms. The molecule has 2 amide bonds. The molecule has 1 aliphatic rings. The fraction of sp³-hybridized carbons (Fsp3) is 0.429. The summed E-state index contributed by atoms with van der Waals surface area (Å²) < 4.78 is 13.2. The molecule has 1 unspecified atom stereocenters. The van der Waals surface area contributed by atoms with Gasteiger partial charge in [0.15, 0.2) is 0 Å². The van der Waals surface area contributed by atoms with Crippen LogP contribution in [0.3, 0.4) is 0 Å². The Balaban J connectivity index is 1.78. The van der Waals surface area contributed by atoms with Crippen molar-refractivity contribution in [3.63, 3.8) is 0 Å². The van der Waals surface area contributed by atoms with Crippen LogP contribution < -0.4 is 0 Å². The van der Waals surface area contributed by atoms with Crippen LogP contribution in [-0.2, 0) is 22.7 Å². The van der Waals surface area contributed by atoms with Gasteiger partial charge in [-0.1, -0.05) is 12.1 Å². The van der Waals surface area contributed by atoms with Gasteiger partial charge in [0.1, 0.15) is 17.7 Å². The zero-order valence-electron chi connectivity index (χ0n) is 16.0. The first-order valence-corrected chi connectivity index (χ1v) is 10.7. The predicted molar refractivity (Wildman–Crippen MR) is 110 cm³/mol. The van der Waals surface area contributed by atoms with E-state index in [1.165, 1.54) is 12.1 Å². The van der Waals surface area contributed by atoms with E-state index in [1.54, 1.807) is 40.2 Å². The Morgan fingerprint density at radius 3 is 2.43 bits per heavy atom. The van der Waals surface area contributed by atoms with Crippen LogP contribution in [0.5, 0.6) is 0 Å². The van der Waals surface area contributed by atoms with Crippen molar-refractivity contribution in [2.24, 2.45) is 0 Å². The number of nitrogens with zero attached hydrogens (tertiary/aromatic N) is 2. The van der Waals surface area contributed by atoms with E-state index >= 15 is 0 Å². The predicted octanol–water partition coefficient (Wildman–Crippen LogP) is 4.34. The Labute approximate surface area is 173 Å². The Hall–Kier alpha value is -1.92. The van der Waals surface area contributed by atoms with Gasteiger partial charge in [0.05, 0.1) is 6.54 Å². The number of hydrogen-bond acceptors (Lipinski definition) is 3. The molecule has 1 aromatic carbocycles. The summed E-state index contributed by atoms with van der Waals surface area (Å²) in [5.74, 6) is -0.640. The molecule has 1 saturated carbocycles. The van der Waals surface area contributed by atoms with Crippen molar-refractivity contribution in [1.82, 2.24) is 9.80 Å². The fourth-order valence-corrected chi connectivity index (χ4v) is 4.08. The lowest BCUT2D eigenvalue weighted by atomic mass is 10.2. The Morgan fingerprint density at radius 2 is 1.89 bits per heavy atom. The smallest absolute Gasteiger partial charge is 0.242 e. The van der Waals surface area contributed by atoms with E-state index in [9.17, 15) is 14.0 Å². The van der Waals surface area contributed by atoms with E-state index < -0.39 is 5.38 Å². The molecule has 1 atom stereocenters. The van der Waals surface area contributed by atoms with Crippen molar-refractivity contribution in [2.45, 2.75) is 51.2 Å². The van der Waals surface area contributed by atoms with Crippen LogP contribution in [0.4, 0.5) is 4.39 Å². The number of aryl methyl sites for hydroxylation is 1. The second-order valence-electron chi connectivity index (χ2n) is 7.22. The molecule has 1 fully saturated rings. The van der Waals surface area contributed by atoms with Crippen molar-refractivity contribution in [2.75, 3.05) is 6.54 Å². The van der Waals surface area contributed by atoms with Gasteiger partial charge in [0.25, 0.3) is 0 Å². The first-order valence-electron chi connectivity index (χ1n) is 9.35. The maximum absolute atomic E-state index is 13.2. The SMILES string of the molecule is Cc1ccsc1CN(Cc1ccc(F)cc1)C(=O)CN(C(=O)C(C)Cl)C1CC1. The standard InChI is InChI=1S/C21H24ClFN2O2S/c1-14-9-10-28-19(14)12-24(11-16-3-5-17(23)6-4-16)20(26)13-25(18-7-8-18)21(27)15(2)22/h3-6,9-10,15,18H,7-8,11-13H2,1-2H3. The lowest BCUT2D eigenvalue weighted by Gasteiger charge is -2.28. The second kappa shape index (κ2) is 9.05. The normalized spacial score (nSPS) is 14.6. The third-order valence-corrected chi connectivity index (χ3v) is 6.05. The van der Waals surface area contributed by atoms with Crippen molar-refractivity contribution >= 4 is 34.8 Å². The number of amides is 2. The van der Waals surface area contributed by atoms with E-state index in [4.69, 9.17) is 11.6 Å². The zero-order chi connectivity index (χ0) is 20.3. The van der Waals surface area contributed by atoms with Gasteiger partial charge in [0, 0.05) is 17.5 Å². The minimum Gasteiger partial charge on any atom is -0.332 e. The quantitative estimate of drug-likeness (QED) is 0.593. The number of hydrogen-bond donors (Lipinski definition) is 0. The molecule has 0 bridgehead atoms. The topological polar surface area (TPSA) is 40.6 Å². The first-order chi connectivity index (χ1) is 13.3. The number of carbonyl (C=O) groups is 2. The Morgan fingerprint density at radius 1 is 1.21 bits per heavy atom. The number of halogens is 2. The van der Waals surface area contributed by atoms with E-state index in [-0.39, 0.29) is 30.2 Å². The number of thiophene rings is 1. The molecule has 7 heteroatoms. The average molecular weight is 423 g/mol. The number of benzene rings is 1. The van der Waals surface area contributed by atoms with Gasteiger partial charge < -0.3 is 9.80 Å². The van der Waals surface area contributed by atoms with E-state index in [2.05, 4.69) is 0 Å². The van der Waals surface area contributed by atoms with Gasteiger partial charge >= 0.3 is 0 Å². The minimum absolute atomic E-state index is 0.0200. The van der Waals surface area contributed by atoms with Crippen molar-refractivity contribution < 1.29 is 14.0 Å². The van der Waals surface area contributed by atoms with Gasteiger partial charge in [-0.15, -0.1) is 22.9 Å². The molecular weight excluding hydrogens is 399 g/mol. The highest BCUT2D eigenvalue weighted by molar-refractivity contribution is 7.10. The molecule has 0 saturated heterocycles. The number of alkyl halides is 1. The van der Waals surface area contributed by atoms with Crippen LogP contribution in [0.25, 0.3) is 0 Å². The summed E-state index contributed by atoms with van der Waals surface area (Å²) in [4.78, 5) is 30.0. The molecule has 0 radical (unpaired) electrons. The average Bonchev–Trinajstić information content (AvgIpc) is 3.43. The summed E-state index contributed by atoms with van der Waals surface area (Å²) in [6.07, 6.45) is 1.81. The summed E-state index contributed by atoms with van der Waals surface area (Å²) in [6, 6.07) is 8.28. The van der Waals surface area contributed by atoms with Gasteiger partial charge in [-0.05, 0) is 61.4 Å². The molecule has 2 aromatic rings. The van der Waals surface area contributed by atoms with Crippen LogP contribution in [0.1, 0.15) is 35.8 Å². The molecule has 0 N–H and O–H groups in total. The molecule has 0 aliphatic heterocycles. The highest BCUT2D eigenvalue weighted by Crippen LogP contribution is 2.28. The minimum atomic E-state index is -0.654. The highest BCUT2D eigenvalue weighted by atomic mass is 35.5. The zero-order valence-corrected chi connectivity index (χ0v) is 17.6. The molecule has 150 valence electrons. The largest absolute Gasteiger partial charge is 0.332 e. The van der Waals surface area contributed by atoms with Gasteiger partial charge in [0.2, 0.25) is 11.8 Å². The van der Waals surface area contributed by atoms with Crippen LogP contribution in [-0.4, -0.2) is 39.6 Å². The Bertz CT molecular complexity index is 833. The summed E-state index contributed by atoms with van der Waals surface area (Å²) in [5, 5.41) is 1.35. The van der Waals surface area contributed by atoms with Crippen LogP contribution in [0.2, 0.25) is 0 Å². The summed E-state index contributed by atoms with van der Waals surface area (Å²) in [6.45, 7) is 4.49. The summed E-state index contributed by atoms with van der Waals surface area (Å²) in [7, 11) is 0. The highest BCUT2D eigenvalue weighted by Gasteiger charge is 2.36. The summed E-state index contributed by atoms with van der Waals surface area (Å²) in [5.41, 5.74) is 1.98. The maximum Gasteiger partial charge on any atom is 0.242 e. The fourth-order valence-electron chi connectivity index (χ4n) is 3.03. The van der Waals surface area contributed by atoms with Crippen LogP contribution in [0, 0.1) is 12.7 Å². The van der Waals surface area contributed by atoms with Crippen LogP contribution >= 0.6 is 22.9 Å². The van der Waals surface area contributed by atoms with Gasteiger partial charge in [-0.3, -0.25) is 9.59 Å². The van der Waals surface area contributed by atoms with E-state index in [1.807, 2.05) is 18.4 Å². The molecular formula is C21H24ClFN2O2S. The maximum atomic E-state index is 13.2. The molecule has 28 heavy (non-hydrogen) atoms. The summed E-state index contributed by atoms with van der Waals surface area (Å²) >= 11 is 7.59. The Kier molecular flexibility index (Phi) is 6.73. The molecule has 1 aliphatic carbocycles. The van der Waals surface area contributed by atoms with Gasteiger partial charge in [-0.2, -0.15) is 0 Å². The molecule has 1 aromatic heterocycles. The van der Waals surface area contributed by atoms with Crippen molar-refractivity contribution in [3.05, 3.63) is 57.5 Å². The molecule has 3 rings (SSSR count). The lowest BCUT2D eigenvalue weighted by Crippen LogP contribution is -2.45. The van der Waals surface area contributed by atoms with Crippen molar-refractivity contribution in [1.29, 1.82) is 0 Å². The van der Waals surface area contributed by atoms with Crippen LogP contribution in [0.15, 0.2) is 35.7 Å². The molecule has 1 heterocycles. The van der Waals surface area contributed by atoms with Gasteiger partial charge in [-0.25, -0.2) is 4.39 Å². The molecule has 4 nitrogen and oxygen atoms in total. The number of rotatable bonds is 8. The van der Waals surface area contributed by atoms with E-state index in [0.717, 1.165) is 28.8 Å². The second-order valence-corrected chi connectivity index (χ2v) is 8.87. The number of carbonyl (C=O) groups excluding carboxylic acids is 2. The third kappa shape index (κ3) is 5.32. The van der Waals surface area contributed by atoms with Crippen molar-refractivity contribution in [3.8, 4) is 0 Å².